The number of anilines is 2. The summed E-state index contributed by atoms with van der Waals surface area (Å²) in [5, 5.41) is 3.09. The first-order valence-electron chi connectivity index (χ1n) is 11.3. The maximum absolute atomic E-state index is 13.4. The Morgan fingerprint density at radius 3 is 2.55 bits per heavy atom. The number of hydrogen-bond donors (Lipinski definition) is 1. The average molecular weight is 473 g/mol. The van der Waals surface area contributed by atoms with E-state index in [4.69, 9.17) is 4.74 Å². The van der Waals surface area contributed by atoms with Gasteiger partial charge >= 0.3 is 0 Å². The van der Waals surface area contributed by atoms with E-state index in [-0.39, 0.29) is 16.7 Å². The number of hydrogen-bond acceptors (Lipinski definition) is 6. The molecule has 2 aliphatic heterocycles. The van der Waals surface area contributed by atoms with Crippen molar-refractivity contribution in [2.75, 3.05) is 70.3 Å². The van der Waals surface area contributed by atoms with E-state index in [0.29, 0.717) is 38.4 Å². The molecule has 0 aromatic heterocycles. The van der Waals surface area contributed by atoms with Crippen molar-refractivity contribution in [1.29, 1.82) is 0 Å². The summed E-state index contributed by atoms with van der Waals surface area (Å²) in [7, 11) is 1.40. The van der Waals surface area contributed by atoms with Gasteiger partial charge in [0.25, 0.3) is 5.91 Å². The largest absolute Gasteiger partial charge is 0.378 e. The van der Waals surface area contributed by atoms with Crippen molar-refractivity contribution in [2.45, 2.75) is 17.2 Å². The van der Waals surface area contributed by atoms with Crippen molar-refractivity contribution in [3.63, 3.8) is 0 Å². The normalized spacial score (nSPS) is 18.8. The average Bonchev–Trinajstić information content (AvgIpc) is 2.83. The lowest BCUT2D eigenvalue weighted by atomic mass is 9.90. The molecular formula is C24H32N4O4S. The van der Waals surface area contributed by atoms with Crippen LogP contribution in [0.1, 0.15) is 28.3 Å². The summed E-state index contributed by atoms with van der Waals surface area (Å²) in [6.07, 6.45) is 0.944. The number of ether oxygens (including phenoxy) is 1. The number of nitrogens with zero attached hydrogens (tertiary/aromatic N) is 3. The van der Waals surface area contributed by atoms with Gasteiger partial charge in [-0.25, -0.2) is 12.7 Å². The third-order valence-electron chi connectivity index (χ3n) is 6.45. The molecule has 1 atom stereocenters. The summed E-state index contributed by atoms with van der Waals surface area (Å²) in [5.74, 6) is -0.0504. The molecule has 0 aliphatic carbocycles. The van der Waals surface area contributed by atoms with E-state index in [1.165, 1.54) is 31.4 Å². The van der Waals surface area contributed by atoms with Crippen LogP contribution in [0.5, 0.6) is 0 Å². The summed E-state index contributed by atoms with van der Waals surface area (Å²) in [6.45, 7) is 3.88. The maximum Gasteiger partial charge on any atom is 0.253 e. The lowest BCUT2D eigenvalue weighted by Gasteiger charge is -2.33. The maximum atomic E-state index is 13.4. The Morgan fingerprint density at radius 2 is 1.82 bits per heavy atom. The lowest BCUT2D eigenvalue weighted by molar-refractivity contribution is 0.0949. The molecule has 2 aromatic carbocycles. The van der Waals surface area contributed by atoms with Crippen molar-refractivity contribution in [3.05, 3.63) is 53.6 Å². The summed E-state index contributed by atoms with van der Waals surface area (Å²) in [5.41, 5.74) is 3.53. The molecule has 0 unspecified atom stereocenters. The number of fused-ring (bicyclic) bond motifs is 1. The lowest BCUT2D eigenvalue weighted by Crippen LogP contribution is -2.39. The Kier molecular flexibility index (Phi) is 6.92. The minimum atomic E-state index is -3.66. The third kappa shape index (κ3) is 4.85. The van der Waals surface area contributed by atoms with Gasteiger partial charge in [-0.15, -0.1) is 0 Å². The standard InChI is InChI=1S/C24H32N4O4S/c1-26(2)33(30,31)19-8-9-23(28-12-14-32-15-13-28)21(16-19)24(29)25-17-18-10-11-27(3)22-7-5-4-6-20(18)22/h4-9,16,18H,10-15,17H2,1-3H3,(H,25,29)/t18-/m1/s1. The van der Waals surface area contributed by atoms with E-state index >= 15 is 0 Å². The second-order valence-electron chi connectivity index (χ2n) is 8.74. The zero-order valence-electron chi connectivity index (χ0n) is 19.5. The zero-order valence-corrected chi connectivity index (χ0v) is 20.3. The highest BCUT2D eigenvalue weighted by molar-refractivity contribution is 7.89. The molecule has 1 fully saturated rings. The smallest absolute Gasteiger partial charge is 0.253 e. The number of rotatable bonds is 6. The van der Waals surface area contributed by atoms with Gasteiger partial charge in [0.2, 0.25) is 10.0 Å². The van der Waals surface area contributed by atoms with Crippen LogP contribution in [0.4, 0.5) is 11.4 Å². The first kappa shape index (κ1) is 23.5. The van der Waals surface area contributed by atoms with Crippen LogP contribution in [0.25, 0.3) is 0 Å². The van der Waals surface area contributed by atoms with Crippen molar-refractivity contribution in [2.24, 2.45) is 0 Å². The second kappa shape index (κ2) is 9.70. The highest BCUT2D eigenvalue weighted by atomic mass is 32.2. The van der Waals surface area contributed by atoms with E-state index in [1.807, 2.05) is 12.1 Å². The molecular weight excluding hydrogens is 440 g/mol. The topological polar surface area (TPSA) is 82.2 Å². The number of amides is 1. The molecule has 0 saturated carbocycles. The fraction of sp³-hybridized carbons (Fsp3) is 0.458. The van der Waals surface area contributed by atoms with Crippen LogP contribution < -0.4 is 15.1 Å². The minimum Gasteiger partial charge on any atom is -0.378 e. The molecule has 0 spiro atoms. The SMILES string of the molecule is CN1CC[C@H](CNC(=O)c2cc(S(=O)(=O)N(C)C)ccc2N2CCOCC2)c2ccccc21. The van der Waals surface area contributed by atoms with Gasteiger partial charge in [-0.1, -0.05) is 18.2 Å². The molecule has 8 nitrogen and oxygen atoms in total. The number of carbonyl (C=O) groups is 1. The molecule has 33 heavy (non-hydrogen) atoms. The molecule has 2 aliphatic rings. The van der Waals surface area contributed by atoms with Gasteiger partial charge in [0.1, 0.15) is 0 Å². The number of carbonyl (C=O) groups excluding carboxylic acids is 1. The zero-order chi connectivity index (χ0) is 23.6. The fourth-order valence-electron chi connectivity index (χ4n) is 4.48. The fourth-order valence-corrected chi connectivity index (χ4v) is 5.41. The molecule has 178 valence electrons. The van der Waals surface area contributed by atoms with Gasteiger partial charge in [-0.3, -0.25) is 4.79 Å². The van der Waals surface area contributed by atoms with Crippen molar-refractivity contribution < 1.29 is 17.9 Å². The summed E-state index contributed by atoms with van der Waals surface area (Å²) in [4.78, 5) is 17.8. The molecule has 1 amide bonds. The number of benzene rings is 2. The third-order valence-corrected chi connectivity index (χ3v) is 8.26. The molecule has 0 bridgehead atoms. The van der Waals surface area contributed by atoms with E-state index in [2.05, 4.69) is 34.3 Å². The molecule has 1 N–H and O–H groups in total. The minimum absolute atomic E-state index is 0.110. The van der Waals surface area contributed by atoms with Crippen molar-refractivity contribution in [3.8, 4) is 0 Å². The van der Waals surface area contributed by atoms with Gasteiger partial charge in [-0.05, 0) is 36.2 Å². The highest BCUT2D eigenvalue weighted by Crippen LogP contribution is 2.34. The van der Waals surface area contributed by atoms with Crippen molar-refractivity contribution in [1.82, 2.24) is 9.62 Å². The number of nitrogens with one attached hydrogen (secondary N) is 1. The molecule has 9 heteroatoms. The van der Waals surface area contributed by atoms with Crippen LogP contribution in [0.3, 0.4) is 0 Å². The van der Waals surface area contributed by atoms with Crippen LogP contribution >= 0.6 is 0 Å². The van der Waals surface area contributed by atoms with Crippen LogP contribution in [0.2, 0.25) is 0 Å². The Morgan fingerprint density at radius 1 is 1.09 bits per heavy atom. The molecule has 2 heterocycles. The van der Waals surface area contributed by atoms with E-state index in [1.54, 1.807) is 12.1 Å². The first-order valence-corrected chi connectivity index (χ1v) is 12.7. The van der Waals surface area contributed by atoms with Gasteiger partial charge in [0, 0.05) is 64.6 Å². The van der Waals surface area contributed by atoms with E-state index in [9.17, 15) is 13.2 Å². The number of sulfonamides is 1. The van der Waals surface area contributed by atoms with Gasteiger partial charge in [-0.2, -0.15) is 0 Å². The first-order chi connectivity index (χ1) is 15.8. The Bertz CT molecular complexity index is 1110. The quantitative estimate of drug-likeness (QED) is 0.694. The number of morpholine rings is 1. The van der Waals surface area contributed by atoms with Crippen LogP contribution in [0, 0.1) is 0 Å². The van der Waals surface area contributed by atoms with Crippen LogP contribution in [-0.4, -0.2) is 79.2 Å². The Balaban J connectivity index is 1.61. The predicted octanol–water partition coefficient (Wildman–Crippen LogP) is 2.13. The van der Waals surface area contributed by atoms with Crippen molar-refractivity contribution >= 4 is 27.3 Å². The van der Waals surface area contributed by atoms with E-state index in [0.717, 1.165) is 23.0 Å². The monoisotopic (exact) mass is 472 g/mol. The van der Waals surface area contributed by atoms with E-state index < -0.39 is 10.0 Å². The van der Waals surface area contributed by atoms with Crippen LogP contribution in [-0.2, 0) is 14.8 Å². The summed E-state index contributed by atoms with van der Waals surface area (Å²) in [6, 6.07) is 13.1. The summed E-state index contributed by atoms with van der Waals surface area (Å²) < 4.78 is 32.1. The molecule has 0 radical (unpaired) electrons. The predicted molar refractivity (Wildman–Crippen MR) is 130 cm³/mol. The van der Waals surface area contributed by atoms with Crippen LogP contribution in [0.15, 0.2) is 47.4 Å². The molecule has 1 saturated heterocycles. The highest BCUT2D eigenvalue weighted by Gasteiger charge is 2.26. The molecule has 2 aromatic rings. The van der Waals surface area contributed by atoms with Gasteiger partial charge in [0.15, 0.2) is 0 Å². The molecule has 4 rings (SSSR count). The second-order valence-corrected chi connectivity index (χ2v) is 10.9. The van der Waals surface area contributed by atoms with Gasteiger partial charge in [0.05, 0.1) is 23.7 Å². The number of para-hydroxylation sites is 1. The summed E-state index contributed by atoms with van der Waals surface area (Å²) >= 11 is 0. The Labute approximate surface area is 196 Å². The van der Waals surface area contributed by atoms with Gasteiger partial charge < -0.3 is 19.9 Å². The Hall–Kier alpha value is -2.62.